The second-order valence-corrected chi connectivity index (χ2v) is 4.66. The summed E-state index contributed by atoms with van der Waals surface area (Å²) >= 11 is 0. The fraction of sp³-hybridized carbons (Fsp3) is 0.643. The molecule has 0 N–H and O–H groups in total. The highest BCUT2D eigenvalue weighted by atomic mass is 16.7. The van der Waals surface area contributed by atoms with Gasteiger partial charge >= 0.3 is 0 Å². The van der Waals surface area contributed by atoms with E-state index in [0.717, 1.165) is 25.9 Å². The molecule has 2 rings (SSSR count). The van der Waals surface area contributed by atoms with Crippen molar-refractivity contribution in [3.8, 4) is 0 Å². The molecule has 100 valence electrons. The smallest absolute Gasteiger partial charge is 0.246 e. The summed E-state index contributed by atoms with van der Waals surface area (Å²) in [5.74, 6) is 0.538. The SMILES string of the molecule is C/C=C/C=C/C(=O)N1CCC(C2OCCO2)CC1. The van der Waals surface area contributed by atoms with Gasteiger partial charge in [-0.15, -0.1) is 0 Å². The maximum atomic E-state index is 11.8. The molecular weight excluding hydrogens is 230 g/mol. The minimum atomic E-state index is -0.0409. The van der Waals surface area contributed by atoms with Crippen LogP contribution in [0.5, 0.6) is 0 Å². The Hall–Kier alpha value is -1.13. The summed E-state index contributed by atoms with van der Waals surface area (Å²) in [6.07, 6.45) is 9.08. The zero-order valence-corrected chi connectivity index (χ0v) is 10.9. The van der Waals surface area contributed by atoms with Gasteiger partial charge in [0.15, 0.2) is 6.29 Å². The molecule has 18 heavy (non-hydrogen) atoms. The summed E-state index contributed by atoms with van der Waals surface area (Å²) in [6, 6.07) is 0. The topological polar surface area (TPSA) is 38.8 Å². The molecule has 0 bridgehead atoms. The lowest BCUT2D eigenvalue weighted by Gasteiger charge is -2.33. The molecule has 0 spiro atoms. The van der Waals surface area contributed by atoms with Gasteiger partial charge in [-0.2, -0.15) is 0 Å². The van der Waals surface area contributed by atoms with Crippen LogP contribution in [0, 0.1) is 5.92 Å². The fourth-order valence-corrected chi connectivity index (χ4v) is 2.40. The van der Waals surface area contributed by atoms with Gasteiger partial charge in [-0.25, -0.2) is 0 Å². The molecule has 0 atom stereocenters. The molecule has 0 aromatic carbocycles. The fourth-order valence-electron chi connectivity index (χ4n) is 2.40. The number of likely N-dealkylation sites (tertiary alicyclic amines) is 1. The predicted octanol–water partition coefficient (Wildman–Crippen LogP) is 1.73. The quantitative estimate of drug-likeness (QED) is 0.566. The summed E-state index contributed by atoms with van der Waals surface area (Å²) in [4.78, 5) is 13.7. The number of amides is 1. The van der Waals surface area contributed by atoms with Crippen LogP contribution in [0.4, 0.5) is 0 Å². The van der Waals surface area contributed by atoms with Crippen LogP contribution in [-0.2, 0) is 14.3 Å². The van der Waals surface area contributed by atoms with Crippen molar-refractivity contribution in [2.75, 3.05) is 26.3 Å². The number of rotatable bonds is 3. The standard InChI is InChI=1S/C14H21NO3/c1-2-3-4-5-13(16)15-8-6-12(7-9-15)14-17-10-11-18-14/h2-5,12,14H,6-11H2,1H3/b3-2+,5-4+. The summed E-state index contributed by atoms with van der Waals surface area (Å²) < 4.78 is 11.0. The van der Waals surface area contributed by atoms with Crippen molar-refractivity contribution < 1.29 is 14.3 Å². The molecule has 2 fully saturated rings. The van der Waals surface area contributed by atoms with Crippen molar-refractivity contribution >= 4 is 5.91 Å². The molecule has 0 aliphatic carbocycles. The summed E-state index contributed by atoms with van der Waals surface area (Å²) in [7, 11) is 0. The van der Waals surface area contributed by atoms with Gasteiger partial charge < -0.3 is 14.4 Å². The van der Waals surface area contributed by atoms with E-state index in [1.165, 1.54) is 0 Å². The van der Waals surface area contributed by atoms with Crippen LogP contribution in [0.2, 0.25) is 0 Å². The van der Waals surface area contributed by atoms with Gasteiger partial charge in [0.2, 0.25) is 5.91 Å². The summed E-state index contributed by atoms with van der Waals surface area (Å²) in [6.45, 7) is 4.94. The van der Waals surface area contributed by atoms with Crippen molar-refractivity contribution in [3.63, 3.8) is 0 Å². The first-order valence-electron chi connectivity index (χ1n) is 6.62. The monoisotopic (exact) mass is 251 g/mol. The van der Waals surface area contributed by atoms with Gasteiger partial charge in [-0.3, -0.25) is 4.79 Å². The third-order valence-electron chi connectivity index (χ3n) is 3.43. The molecule has 2 aliphatic heterocycles. The van der Waals surface area contributed by atoms with Gasteiger partial charge in [0.05, 0.1) is 13.2 Å². The normalized spacial score (nSPS) is 23.5. The van der Waals surface area contributed by atoms with E-state index in [1.807, 2.05) is 24.0 Å². The lowest BCUT2D eigenvalue weighted by atomic mass is 9.96. The van der Waals surface area contributed by atoms with E-state index in [0.29, 0.717) is 19.1 Å². The molecular formula is C14H21NO3. The molecule has 1 amide bonds. The zero-order valence-electron chi connectivity index (χ0n) is 10.9. The minimum absolute atomic E-state index is 0.0409. The first-order chi connectivity index (χ1) is 8.81. The Labute approximate surface area is 108 Å². The minimum Gasteiger partial charge on any atom is -0.350 e. The van der Waals surface area contributed by atoms with Crippen LogP contribution >= 0.6 is 0 Å². The average molecular weight is 251 g/mol. The lowest BCUT2D eigenvalue weighted by Crippen LogP contribution is -2.40. The number of carbonyl (C=O) groups excluding carboxylic acids is 1. The second-order valence-electron chi connectivity index (χ2n) is 4.66. The third kappa shape index (κ3) is 3.43. The van der Waals surface area contributed by atoms with E-state index in [9.17, 15) is 4.79 Å². The Morgan fingerprint density at radius 1 is 1.17 bits per heavy atom. The van der Waals surface area contributed by atoms with Gasteiger partial charge in [-0.05, 0) is 19.8 Å². The average Bonchev–Trinajstić information content (AvgIpc) is 2.93. The van der Waals surface area contributed by atoms with Crippen LogP contribution in [0.3, 0.4) is 0 Å². The first kappa shape index (κ1) is 13.3. The van der Waals surface area contributed by atoms with E-state index in [4.69, 9.17) is 9.47 Å². The van der Waals surface area contributed by atoms with E-state index < -0.39 is 0 Å². The Kier molecular flexibility index (Phi) is 4.96. The number of piperidine rings is 1. The van der Waals surface area contributed by atoms with Crippen molar-refractivity contribution in [2.45, 2.75) is 26.1 Å². The number of carbonyl (C=O) groups is 1. The van der Waals surface area contributed by atoms with Crippen molar-refractivity contribution in [2.24, 2.45) is 5.92 Å². The van der Waals surface area contributed by atoms with E-state index in [-0.39, 0.29) is 12.2 Å². The first-order valence-corrected chi connectivity index (χ1v) is 6.62. The van der Waals surface area contributed by atoms with Gasteiger partial charge in [0.25, 0.3) is 0 Å². The van der Waals surface area contributed by atoms with Gasteiger partial charge in [0.1, 0.15) is 0 Å². The molecule has 2 aliphatic rings. The molecule has 0 saturated carbocycles. The van der Waals surface area contributed by atoms with Crippen molar-refractivity contribution in [3.05, 3.63) is 24.3 Å². The summed E-state index contributed by atoms with van der Waals surface area (Å²) in [5.41, 5.74) is 0. The maximum absolute atomic E-state index is 11.8. The van der Waals surface area contributed by atoms with Gasteiger partial charge in [-0.1, -0.05) is 18.2 Å². The number of ether oxygens (including phenoxy) is 2. The van der Waals surface area contributed by atoms with Crippen molar-refractivity contribution in [1.82, 2.24) is 4.90 Å². The number of hydrogen-bond acceptors (Lipinski definition) is 3. The number of hydrogen-bond donors (Lipinski definition) is 0. The van der Waals surface area contributed by atoms with Crippen LogP contribution in [0.1, 0.15) is 19.8 Å². The second kappa shape index (κ2) is 6.71. The predicted molar refractivity (Wildman–Crippen MR) is 69.0 cm³/mol. The maximum Gasteiger partial charge on any atom is 0.246 e. The largest absolute Gasteiger partial charge is 0.350 e. The number of allylic oxidation sites excluding steroid dienone is 3. The van der Waals surface area contributed by atoms with E-state index >= 15 is 0 Å². The molecule has 4 heteroatoms. The number of nitrogens with zero attached hydrogens (tertiary/aromatic N) is 1. The molecule has 2 heterocycles. The highest BCUT2D eigenvalue weighted by Gasteiger charge is 2.31. The third-order valence-corrected chi connectivity index (χ3v) is 3.43. The highest BCUT2D eigenvalue weighted by molar-refractivity contribution is 5.87. The Morgan fingerprint density at radius 3 is 2.44 bits per heavy atom. The van der Waals surface area contributed by atoms with Crippen LogP contribution in [0.15, 0.2) is 24.3 Å². The molecule has 0 radical (unpaired) electrons. The van der Waals surface area contributed by atoms with Crippen LogP contribution in [0.25, 0.3) is 0 Å². The highest BCUT2D eigenvalue weighted by Crippen LogP contribution is 2.25. The van der Waals surface area contributed by atoms with E-state index in [1.54, 1.807) is 12.2 Å². The Balaban J connectivity index is 1.77. The van der Waals surface area contributed by atoms with Crippen LogP contribution < -0.4 is 0 Å². The molecule has 2 saturated heterocycles. The van der Waals surface area contributed by atoms with E-state index in [2.05, 4.69) is 0 Å². The molecule has 0 unspecified atom stereocenters. The molecule has 0 aromatic rings. The Bertz CT molecular complexity index is 324. The summed E-state index contributed by atoms with van der Waals surface area (Å²) in [5, 5.41) is 0. The van der Waals surface area contributed by atoms with Gasteiger partial charge in [0, 0.05) is 25.1 Å². The Morgan fingerprint density at radius 2 is 1.83 bits per heavy atom. The zero-order chi connectivity index (χ0) is 12.8. The van der Waals surface area contributed by atoms with Crippen LogP contribution in [-0.4, -0.2) is 43.4 Å². The molecule has 0 aromatic heterocycles. The lowest BCUT2D eigenvalue weighted by molar-refractivity contribution is -0.132. The van der Waals surface area contributed by atoms with Crippen molar-refractivity contribution in [1.29, 1.82) is 0 Å². The molecule has 4 nitrogen and oxygen atoms in total.